The van der Waals surface area contributed by atoms with Gasteiger partial charge in [-0.1, -0.05) is 25.5 Å². The van der Waals surface area contributed by atoms with Crippen LogP contribution in [-0.4, -0.2) is 0 Å². The first-order valence-electron chi connectivity index (χ1n) is 3.45. The second-order valence-corrected chi connectivity index (χ2v) is 2.95. The third-order valence-electron chi connectivity index (χ3n) is 1.86. The molecule has 1 saturated carbocycles. The predicted octanol–water partition coefficient (Wildman–Crippen LogP) is 2.75. The highest BCUT2D eigenvalue weighted by atomic mass is 14.1. The molecular formula is C8H14. The Labute approximate surface area is 51.6 Å². The van der Waals surface area contributed by atoms with E-state index in [1.807, 2.05) is 0 Å². The highest BCUT2D eigenvalue weighted by molar-refractivity contribution is 4.98. The lowest BCUT2D eigenvalue weighted by atomic mass is 9.88. The Morgan fingerprint density at radius 1 is 1.62 bits per heavy atom. The summed E-state index contributed by atoms with van der Waals surface area (Å²) in [7, 11) is 0. The zero-order chi connectivity index (χ0) is 5.98. The Hall–Kier alpha value is -0.260. The van der Waals surface area contributed by atoms with Crippen molar-refractivity contribution in [2.45, 2.75) is 32.6 Å². The zero-order valence-electron chi connectivity index (χ0n) is 5.61. The van der Waals surface area contributed by atoms with Crippen molar-refractivity contribution in [1.29, 1.82) is 0 Å². The molecule has 0 N–H and O–H groups in total. The van der Waals surface area contributed by atoms with Gasteiger partial charge >= 0.3 is 0 Å². The Bertz CT molecular complexity index is 92.2. The molecule has 0 heteroatoms. The van der Waals surface area contributed by atoms with Crippen molar-refractivity contribution >= 4 is 0 Å². The highest BCUT2D eigenvalue weighted by Gasteiger charge is 2.09. The summed E-state index contributed by atoms with van der Waals surface area (Å²) < 4.78 is 0. The van der Waals surface area contributed by atoms with Gasteiger partial charge < -0.3 is 0 Å². The van der Waals surface area contributed by atoms with Crippen molar-refractivity contribution in [3.05, 3.63) is 12.2 Å². The van der Waals surface area contributed by atoms with Crippen LogP contribution in [0, 0.1) is 5.92 Å². The molecule has 0 aromatic heterocycles. The summed E-state index contributed by atoms with van der Waals surface area (Å²) in [4.78, 5) is 0. The maximum Gasteiger partial charge on any atom is -0.0297 e. The van der Waals surface area contributed by atoms with Crippen LogP contribution >= 0.6 is 0 Å². The number of hydrogen-bond acceptors (Lipinski definition) is 0. The van der Waals surface area contributed by atoms with E-state index < -0.39 is 0 Å². The van der Waals surface area contributed by atoms with Crippen molar-refractivity contribution in [3.63, 3.8) is 0 Å². The highest BCUT2D eigenvalue weighted by Crippen LogP contribution is 2.25. The molecule has 0 nitrogen and oxygen atoms in total. The number of rotatable bonds is 0. The average molecular weight is 110 g/mol. The molecule has 0 aliphatic heterocycles. The van der Waals surface area contributed by atoms with Gasteiger partial charge in [-0.2, -0.15) is 0 Å². The van der Waals surface area contributed by atoms with E-state index in [2.05, 4.69) is 13.5 Å². The van der Waals surface area contributed by atoms with Crippen molar-refractivity contribution in [1.82, 2.24) is 0 Å². The van der Waals surface area contributed by atoms with Gasteiger partial charge in [0, 0.05) is 0 Å². The quantitative estimate of drug-likeness (QED) is 0.420. The summed E-state index contributed by atoms with van der Waals surface area (Å²) in [6.45, 7) is 6.27. The molecule has 1 atom stereocenters. The van der Waals surface area contributed by atoms with Gasteiger partial charge in [-0.25, -0.2) is 0 Å². The maximum atomic E-state index is 3.96. The van der Waals surface area contributed by atoms with Crippen LogP contribution in [0.4, 0.5) is 0 Å². The zero-order valence-corrected chi connectivity index (χ0v) is 5.61. The topological polar surface area (TPSA) is 0 Å². The lowest BCUT2D eigenvalue weighted by Gasteiger charge is -2.18. The molecule has 0 amide bonds. The van der Waals surface area contributed by atoms with E-state index in [9.17, 15) is 0 Å². The third-order valence-corrected chi connectivity index (χ3v) is 1.86. The van der Waals surface area contributed by atoms with Gasteiger partial charge in [0.1, 0.15) is 0 Å². The van der Waals surface area contributed by atoms with Gasteiger partial charge in [-0.3, -0.25) is 0 Å². The van der Waals surface area contributed by atoms with Gasteiger partial charge in [0.25, 0.3) is 0 Å². The van der Waals surface area contributed by atoms with Crippen LogP contribution in [0.5, 0.6) is 0 Å². The van der Waals surface area contributed by atoms with Crippen LogP contribution in [0.3, 0.4) is 0 Å². The molecule has 8 heavy (non-hydrogen) atoms. The fourth-order valence-electron chi connectivity index (χ4n) is 1.40. The SMILES string of the molecule is C=C1CCC[C@H](C)C1. The Kier molecular flexibility index (Phi) is 1.72. The molecule has 1 aliphatic rings. The van der Waals surface area contributed by atoms with Crippen molar-refractivity contribution < 1.29 is 0 Å². The predicted molar refractivity (Wildman–Crippen MR) is 36.8 cm³/mol. The Morgan fingerprint density at radius 2 is 2.38 bits per heavy atom. The molecular weight excluding hydrogens is 96.1 g/mol. The normalized spacial score (nSPS) is 30.6. The molecule has 0 aromatic carbocycles. The fourth-order valence-corrected chi connectivity index (χ4v) is 1.40. The molecule has 0 aromatic rings. The first-order valence-corrected chi connectivity index (χ1v) is 3.45. The van der Waals surface area contributed by atoms with E-state index in [1.165, 1.54) is 31.3 Å². The smallest absolute Gasteiger partial charge is 0.0297 e. The molecule has 1 fully saturated rings. The van der Waals surface area contributed by atoms with Gasteiger partial charge in [-0.05, 0) is 25.2 Å². The number of allylic oxidation sites excluding steroid dienone is 1. The summed E-state index contributed by atoms with van der Waals surface area (Å²) in [5, 5.41) is 0. The first-order chi connectivity index (χ1) is 3.79. The minimum Gasteiger partial charge on any atom is -0.0999 e. The number of hydrogen-bond donors (Lipinski definition) is 0. The summed E-state index contributed by atoms with van der Waals surface area (Å²) in [5.41, 5.74) is 1.46. The molecule has 0 radical (unpaired) electrons. The van der Waals surface area contributed by atoms with Crippen LogP contribution in [0.1, 0.15) is 32.6 Å². The van der Waals surface area contributed by atoms with Crippen LogP contribution in [0.15, 0.2) is 12.2 Å². The van der Waals surface area contributed by atoms with E-state index in [-0.39, 0.29) is 0 Å². The average Bonchev–Trinajstić information content (AvgIpc) is 1.64. The first kappa shape index (κ1) is 5.87. The van der Waals surface area contributed by atoms with E-state index >= 15 is 0 Å². The largest absolute Gasteiger partial charge is 0.0999 e. The molecule has 0 spiro atoms. The fraction of sp³-hybridized carbons (Fsp3) is 0.750. The van der Waals surface area contributed by atoms with Crippen LogP contribution in [-0.2, 0) is 0 Å². The molecule has 46 valence electrons. The second kappa shape index (κ2) is 2.34. The molecule has 0 unspecified atom stereocenters. The van der Waals surface area contributed by atoms with Crippen LogP contribution < -0.4 is 0 Å². The van der Waals surface area contributed by atoms with Crippen LogP contribution in [0.2, 0.25) is 0 Å². The van der Waals surface area contributed by atoms with E-state index in [0.717, 1.165) is 5.92 Å². The van der Waals surface area contributed by atoms with Crippen molar-refractivity contribution in [3.8, 4) is 0 Å². The molecule has 1 aliphatic carbocycles. The second-order valence-electron chi connectivity index (χ2n) is 2.95. The van der Waals surface area contributed by atoms with Gasteiger partial charge in [-0.15, -0.1) is 0 Å². The van der Waals surface area contributed by atoms with Crippen molar-refractivity contribution in [2.24, 2.45) is 5.92 Å². The van der Waals surface area contributed by atoms with Crippen molar-refractivity contribution in [2.75, 3.05) is 0 Å². The minimum absolute atomic E-state index is 0.913. The van der Waals surface area contributed by atoms with Gasteiger partial charge in [0.2, 0.25) is 0 Å². The van der Waals surface area contributed by atoms with E-state index in [4.69, 9.17) is 0 Å². The monoisotopic (exact) mass is 110 g/mol. The molecule has 1 rings (SSSR count). The standard InChI is InChI=1S/C8H14/c1-7-4-3-5-8(2)6-7/h8H,1,3-6H2,2H3/t8-/m0/s1. The Morgan fingerprint density at radius 3 is 2.75 bits per heavy atom. The van der Waals surface area contributed by atoms with E-state index in [0.29, 0.717) is 0 Å². The lowest BCUT2D eigenvalue weighted by Crippen LogP contribution is -2.02. The molecule has 0 saturated heterocycles. The molecule has 0 bridgehead atoms. The summed E-state index contributed by atoms with van der Waals surface area (Å²) in [6.07, 6.45) is 5.35. The van der Waals surface area contributed by atoms with Crippen LogP contribution in [0.25, 0.3) is 0 Å². The minimum atomic E-state index is 0.913. The van der Waals surface area contributed by atoms with Gasteiger partial charge in [0.15, 0.2) is 0 Å². The summed E-state index contributed by atoms with van der Waals surface area (Å²) >= 11 is 0. The Balaban J connectivity index is 2.34. The summed E-state index contributed by atoms with van der Waals surface area (Å²) in [6, 6.07) is 0. The lowest BCUT2D eigenvalue weighted by molar-refractivity contribution is 0.454. The third kappa shape index (κ3) is 1.36. The van der Waals surface area contributed by atoms with E-state index in [1.54, 1.807) is 0 Å². The van der Waals surface area contributed by atoms with Gasteiger partial charge in [0.05, 0.1) is 0 Å². The summed E-state index contributed by atoms with van der Waals surface area (Å²) in [5.74, 6) is 0.913. The maximum absolute atomic E-state index is 3.96. The molecule has 0 heterocycles.